The fourth-order valence-corrected chi connectivity index (χ4v) is 7.61. The van der Waals surface area contributed by atoms with Crippen LogP contribution in [-0.4, -0.2) is 4.98 Å². The molecule has 4 nitrogen and oxygen atoms in total. The lowest BCUT2D eigenvalue weighted by atomic mass is 9.78. The second kappa shape index (κ2) is 9.80. The van der Waals surface area contributed by atoms with Crippen molar-refractivity contribution < 1.29 is 17.9 Å². The molecule has 0 bridgehead atoms. The molecule has 9 rings (SSSR count). The number of allylic oxidation sites excluding steroid dienone is 1. The highest BCUT2D eigenvalue weighted by Gasteiger charge is 2.47. The Kier molecular flexibility index (Phi) is 5.66. The quantitative estimate of drug-likeness (QED) is 0.180. The maximum atomic E-state index is 13.9. The maximum absolute atomic E-state index is 13.9. The van der Waals surface area contributed by atoms with Gasteiger partial charge in [0.1, 0.15) is 5.82 Å². The van der Waals surface area contributed by atoms with Gasteiger partial charge in [-0.1, -0.05) is 42.5 Å². The Morgan fingerprint density at radius 1 is 0.822 bits per heavy atom. The van der Waals surface area contributed by atoms with E-state index in [0.29, 0.717) is 5.71 Å². The van der Waals surface area contributed by atoms with E-state index in [4.69, 9.17) is 16.0 Å². The zero-order valence-electron chi connectivity index (χ0n) is 24.9. The number of hydrogen-bond acceptors (Lipinski definition) is 2. The zero-order chi connectivity index (χ0) is 30.2. The first-order valence-electron chi connectivity index (χ1n) is 15.5. The van der Waals surface area contributed by atoms with Crippen molar-refractivity contribution in [2.24, 2.45) is 0 Å². The Hall–Kier alpha value is -5.42. The van der Waals surface area contributed by atoms with Gasteiger partial charge in [-0.2, -0.15) is 9.13 Å². The molecule has 0 saturated carbocycles. The number of rotatable bonds is 1. The Morgan fingerprint density at radius 3 is 2.53 bits per heavy atom. The van der Waals surface area contributed by atoms with E-state index in [9.17, 15) is 4.39 Å². The molecule has 5 heteroatoms. The molecule has 0 saturated heterocycles. The first-order valence-corrected chi connectivity index (χ1v) is 15.5. The van der Waals surface area contributed by atoms with Gasteiger partial charge in [0.05, 0.1) is 11.5 Å². The maximum Gasteiger partial charge on any atom is 0.249 e. The lowest BCUT2D eigenvalue weighted by molar-refractivity contribution is -0.727. The molecule has 0 fully saturated rings. The molecular weight excluding hydrogens is 557 g/mol. The average molecular weight is 588 g/mol. The number of nitrogens with zero attached hydrogens (tertiary/aromatic N) is 3. The number of benzene rings is 3. The predicted molar refractivity (Wildman–Crippen MR) is 175 cm³/mol. The molecule has 0 amide bonds. The van der Waals surface area contributed by atoms with Crippen LogP contribution in [0.2, 0.25) is 0 Å². The fraction of sp³-hybridized carbons (Fsp3) is 0.125. The summed E-state index contributed by atoms with van der Waals surface area (Å²) in [5.41, 5.74) is 12.4. The predicted octanol–water partition coefficient (Wildman–Crippen LogP) is 8.76. The van der Waals surface area contributed by atoms with Crippen LogP contribution < -0.4 is 9.13 Å². The molecule has 216 valence electrons. The summed E-state index contributed by atoms with van der Waals surface area (Å²) in [5.74, 6) is -0.0342. The van der Waals surface area contributed by atoms with Gasteiger partial charge in [0.2, 0.25) is 28.8 Å². The summed E-state index contributed by atoms with van der Waals surface area (Å²) in [7, 11) is 0. The Balaban J connectivity index is 1.35. The van der Waals surface area contributed by atoms with E-state index in [-0.39, 0.29) is 17.8 Å². The summed E-state index contributed by atoms with van der Waals surface area (Å²) in [6.45, 7) is 6.81. The summed E-state index contributed by atoms with van der Waals surface area (Å²) in [5, 5.41) is 2.05. The average Bonchev–Trinajstić information content (AvgIpc) is 3.45. The molecule has 2 aliphatic rings. The van der Waals surface area contributed by atoms with Crippen LogP contribution in [0.25, 0.3) is 61.4 Å². The van der Waals surface area contributed by atoms with E-state index in [1.807, 2.05) is 25.1 Å². The number of furan rings is 1. The van der Waals surface area contributed by atoms with Crippen LogP contribution in [0, 0.1) is 12.7 Å². The topological polar surface area (TPSA) is 33.8 Å². The van der Waals surface area contributed by atoms with Gasteiger partial charge in [0, 0.05) is 46.3 Å². The van der Waals surface area contributed by atoms with Crippen LogP contribution in [0.5, 0.6) is 0 Å². The van der Waals surface area contributed by atoms with E-state index < -0.39 is 0 Å². The number of aromatic nitrogens is 3. The van der Waals surface area contributed by atoms with Gasteiger partial charge in [-0.25, -0.2) is 9.37 Å². The van der Waals surface area contributed by atoms with Gasteiger partial charge in [-0.15, -0.1) is 0 Å². The minimum Gasteiger partial charge on any atom is -0.437 e. The minimum absolute atomic E-state index is 0.00122. The standard InChI is InChI=1S/C40H30FN3O/c1-24-10-17-34-33-19-14-27-13-18-32-30-7-3-4-8-31(30)35-9-5-6-21-44(35)38(32)25(2)43-22-20-28(26-11-15-29(41)16-12-26)23-36(43)37(27)39(33)45-40(34)42-24/h3-12,14-17,19-23,32,38H,2,13,18H2,1H3/q+2. The van der Waals surface area contributed by atoms with E-state index in [1.165, 1.54) is 34.5 Å². The third-order valence-electron chi connectivity index (χ3n) is 9.70. The number of halogens is 1. The number of aryl methyl sites for hydroxylation is 2. The van der Waals surface area contributed by atoms with Crippen molar-refractivity contribution in [1.82, 2.24) is 4.98 Å². The monoisotopic (exact) mass is 587 g/mol. The first-order chi connectivity index (χ1) is 22.0. The molecule has 0 spiro atoms. The van der Waals surface area contributed by atoms with Crippen molar-refractivity contribution in [3.05, 3.63) is 145 Å². The van der Waals surface area contributed by atoms with Gasteiger partial charge >= 0.3 is 0 Å². The van der Waals surface area contributed by atoms with Crippen LogP contribution in [0.3, 0.4) is 0 Å². The second-order valence-corrected chi connectivity index (χ2v) is 12.2. The highest BCUT2D eigenvalue weighted by atomic mass is 19.1. The Bertz CT molecular complexity index is 2340. The van der Waals surface area contributed by atoms with Gasteiger partial charge in [0.15, 0.2) is 18.0 Å². The van der Waals surface area contributed by atoms with Crippen LogP contribution in [0.4, 0.5) is 4.39 Å². The molecule has 45 heavy (non-hydrogen) atoms. The molecule has 0 N–H and O–H groups in total. The summed E-state index contributed by atoms with van der Waals surface area (Å²) >= 11 is 0. The minimum atomic E-state index is -0.249. The van der Waals surface area contributed by atoms with Crippen molar-refractivity contribution >= 4 is 27.8 Å². The van der Waals surface area contributed by atoms with E-state index in [2.05, 4.69) is 94.3 Å². The molecule has 2 unspecified atom stereocenters. The third-order valence-corrected chi connectivity index (χ3v) is 9.70. The lowest BCUT2D eigenvalue weighted by Crippen LogP contribution is -2.53. The zero-order valence-corrected chi connectivity index (χ0v) is 24.9. The van der Waals surface area contributed by atoms with Gasteiger partial charge in [-0.05, 0) is 85.0 Å². The summed E-state index contributed by atoms with van der Waals surface area (Å²) < 4.78 is 25.2. The second-order valence-electron chi connectivity index (χ2n) is 12.2. The van der Waals surface area contributed by atoms with Crippen LogP contribution in [-0.2, 0) is 6.42 Å². The lowest BCUT2D eigenvalue weighted by Gasteiger charge is -2.29. The number of fused-ring (bicyclic) bond motifs is 13. The largest absolute Gasteiger partial charge is 0.437 e. The van der Waals surface area contributed by atoms with Crippen LogP contribution >= 0.6 is 0 Å². The number of hydrogen-bond donors (Lipinski definition) is 0. The Morgan fingerprint density at radius 2 is 1.64 bits per heavy atom. The van der Waals surface area contributed by atoms with Crippen LogP contribution in [0.15, 0.2) is 127 Å². The fourth-order valence-electron chi connectivity index (χ4n) is 7.61. The van der Waals surface area contributed by atoms with Crippen molar-refractivity contribution in [2.45, 2.75) is 31.7 Å². The summed E-state index contributed by atoms with van der Waals surface area (Å²) in [6.07, 6.45) is 6.12. The summed E-state index contributed by atoms with van der Waals surface area (Å²) in [6, 6.07) is 34.8. The Labute approximate surface area is 260 Å². The molecule has 3 aromatic carbocycles. The molecule has 2 aliphatic heterocycles. The smallest absolute Gasteiger partial charge is 0.249 e. The summed E-state index contributed by atoms with van der Waals surface area (Å²) in [4.78, 5) is 4.75. The van der Waals surface area contributed by atoms with E-state index in [0.717, 1.165) is 63.0 Å². The van der Waals surface area contributed by atoms with Crippen molar-refractivity contribution in [1.29, 1.82) is 0 Å². The third kappa shape index (κ3) is 3.93. The van der Waals surface area contributed by atoms with Gasteiger partial charge in [-0.3, -0.25) is 0 Å². The molecule has 7 aromatic rings. The normalized spacial score (nSPS) is 17.0. The van der Waals surface area contributed by atoms with Crippen LogP contribution in [0.1, 0.15) is 35.2 Å². The molecule has 2 atom stereocenters. The van der Waals surface area contributed by atoms with Gasteiger partial charge in [0.25, 0.3) is 0 Å². The molecular formula is C40H30FN3O+2. The van der Waals surface area contributed by atoms with Crippen molar-refractivity contribution in [3.63, 3.8) is 0 Å². The molecule has 6 heterocycles. The van der Waals surface area contributed by atoms with Crippen molar-refractivity contribution in [3.8, 4) is 33.6 Å². The number of pyridine rings is 3. The SMILES string of the molecule is C=C1C2C(CCc3ccc4c(oc5nc(C)ccc54)c3-c3cc(-c4ccc(F)cc4)cc[n+]31)c1ccccc1-c1cccc[n+]12. The van der Waals surface area contributed by atoms with Crippen molar-refractivity contribution in [2.75, 3.05) is 0 Å². The molecule has 0 radical (unpaired) electrons. The highest BCUT2D eigenvalue weighted by molar-refractivity contribution is 6.09. The van der Waals surface area contributed by atoms with E-state index >= 15 is 0 Å². The molecule has 4 aromatic heterocycles. The van der Waals surface area contributed by atoms with E-state index in [1.54, 1.807) is 0 Å². The van der Waals surface area contributed by atoms with Gasteiger partial charge < -0.3 is 4.42 Å². The highest BCUT2D eigenvalue weighted by Crippen LogP contribution is 2.46. The molecule has 0 aliphatic carbocycles. The first kappa shape index (κ1) is 26.0.